The van der Waals surface area contributed by atoms with Gasteiger partial charge in [-0.05, 0) is 13.3 Å². The average Bonchev–Trinajstić information content (AvgIpc) is 2.22. The second-order valence-electron chi connectivity index (χ2n) is 3.36. The van der Waals surface area contributed by atoms with Gasteiger partial charge in [0.1, 0.15) is 0 Å². The first-order valence-corrected chi connectivity index (χ1v) is 5.81. The van der Waals surface area contributed by atoms with Crippen LogP contribution in [0.15, 0.2) is 0 Å². The van der Waals surface area contributed by atoms with Gasteiger partial charge < -0.3 is 4.90 Å². The van der Waals surface area contributed by atoms with Crippen molar-refractivity contribution in [2.75, 3.05) is 11.9 Å². The molecule has 0 aliphatic carbocycles. The quantitative estimate of drug-likeness (QED) is 0.730. The predicted molar refractivity (Wildman–Crippen MR) is 56.3 cm³/mol. The zero-order chi connectivity index (χ0) is 12.9. The molecule has 3 nitrogen and oxygen atoms in total. The first-order valence-electron chi connectivity index (χ1n) is 4.69. The van der Waals surface area contributed by atoms with E-state index in [1.807, 2.05) is 0 Å². The summed E-state index contributed by atoms with van der Waals surface area (Å²) in [6.45, 7) is 2.61. The number of carbonyl (C=O) groups is 2. The molecule has 0 spiro atoms. The molecule has 0 aliphatic rings. The van der Waals surface area contributed by atoms with Crippen molar-refractivity contribution in [1.29, 1.82) is 0 Å². The van der Waals surface area contributed by atoms with E-state index in [0.29, 0.717) is 11.3 Å². The van der Waals surface area contributed by atoms with Gasteiger partial charge in [-0.15, -0.1) is 0 Å². The molecule has 1 atom stereocenters. The summed E-state index contributed by atoms with van der Waals surface area (Å²) in [5, 5.41) is -0.0644. The van der Waals surface area contributed by atoms with Crippen LogP contribution in [0, 0.1) is 0 Å². The van der Waals surface area contributed by atoms with Gasteiger partial charge in [-0.2, -0.15) is 13.2 Å². The fourth-order valence-electron chi connectivity index (χ4n) is 1.04. The third-order valence-electron chi connectivity index (χ3n) is 2.12. The fraction of sp³-hybridized carbons (Fsp3) is 0.778. The van der Waals surface area contributed by atoms with E-state index in [9.17, 15) is 22.8 Å². The van der Waals surface area contributed by atoms with E-state index in [4.69, 9.17) is 0 Å². The minimum Gasteiger partial charge on any atom is -0.325 e. The zero-order valence-corrected chi connectivity index (χ0v) is 10.6. The van der Waals surface area contributed by atoms with Crippen LogP contribution in [-0.2, 0) is 9.59 Å². The van der Waals surface area contributed by atoms with Gasteiger partial charge in [0.05, 0.1) is 11.9 Å². The Morgan fingerprint density at radius 1 is 1.38 bits per heavy atom. The van der Waals surface area contributed by atoms with Crippen LogP contribution in [-0.4, -0.2) is 40.7 Å². The summed E-state index contributed by atoms with van der Waals surface area (Å²) in [4.78, 5) is 22.7. The molecule has 0 aromatic heterocycles. The lowest BCUT2D eigenvalue weighted by Gasteiger charge is -2.28. The first kappa shape index (κ1) is 15.4. The average molecular weight is 304 g/mol. The Morgan fingerprint density at radius 2 is 1.88 bits per heavy atom. The van der Waals surface area contributed by atoms with E-state index in [0.717, 1.165) is 0 Å². The minimum atomic E-state index is -4.93. The molecule has 0 fully saturated rings. The van der Waals surface area contributed by atoms with Gasteiger partial charge in [0.25, 0.3) is 0 Å². The van der Waals surface area contributed by atoms with Crippen molar-refractivity contribution in [3.8, 4) is 0 Å². The Kier molecular flexibility index (Phi) is 5.99. The lowest BCUT2D eigenvalue weighted by molar-refractivity contribution is -0.187. The number of alkyl halides is 4. The maximum Gasteiger partial charge on any atom is 0.471 e. The highest BCUT2D eigenvalue weighted by atomic mass is 79.9. The number of nitrogens with zero attached hydrogens (tertiary/aromatic N) is 1. The molecular weight excluding hydrogens is 291 g/mol. The first-order chi connectivity index (χ1) is 7.23. The Hall–Kier alpha value is -0.590. The van der Waals surface area contributed by atoms with Crippen molar-refractivity contribution in [1.82, 2.24) is 4.90 Å². The van der Waals surface area contributed by atoms with Gasteiger partial charge in [-0.1, -0.05) is 22.9 Å². The molecule has 0 heterocycles. The largest absolute Gasteiger partial charge is 0.471 e. The van der Waals surface area contributed by atoms with E-state index in [2.05, 4.69) is 15.9 Å². The van der Waals surface area contributed by atoms with Crippen LogP contribution in [0.3, 0.4) is 0 Å². The monoisotopic (exact) mass is 303 g/mol. The van der Waals surface area contributed by atoms with E-state index in [1.165, 1.54) is 6.92 Å². The van der Waals surface area contributed by atoms with Gasteiger partial charge in [0, 0.05) is 6.04 Å². The molecule has 0 radical (unpaired) electrons. The molecule has 16 heavy (non-hydrogen) atoms. The Morgan fingerprint density at radius 3 is 2.19 bits per heavy atom. The molecular formula is C9H13BrF3NO2. The molecule has 0 aromatic carbocycles. The van der Waals surface area contributed by atoms with Crippen molar-refractivity contribution in [2.45, 2.75) is 32.5 Å². The highest BCUT2D eigenvalue weighted by Crippen LogP contribution is 2.20. The van der Waals surface area contributed by atoms with Gasteiger partial charge in [-0.25, -0.2) is 0 Å². The van der Waals surface area contributed by atoms with Crippen LogP contribution >= 0.6 is 15.9 Å². The number of hydrogen-bond donors (Lipinski definition) is 0. The number of rotatable bonds is 5. The third-order valence-corrected chi connectivity index (χ3v) is 2.75. The van der Waals surface area contributed by atoms with Crippen molar-refractivity contribution < 1.29 is 22.8 Å². The summed E-state index contributed by atoms with van der Waals surface area (Å²) in [5.41, 5.74) is 0. The number of halogens is 4. The molecule has 94 valence electrons. The van der Waals surface area contributed by atoms with Crippen molar-refractivity contribution in [2.24, 2.45) is 0 Å². The number of carbonyl (C=O) groups excluding carboxylic acids is 2. The van der Waals surface area contributed by atoms with Crippen LogP contribution in [0.25, 0.3) is 0 Å². The topological polar surface area (TPSA) is 37.4 Å². The zero-order valence-electron chi connectivity index (χ0n) is 8.97. The molecule has 0 aliphatic heterocycles. The molecule has 7 heteroatoms. The lowest BCUT2D eigenvalue weighted by Crippen LogP contribution is -2.48. The fourth-order valence-corrected chi connectivity index (χ4v) is 1.22. The normalized spacial score (nSPS) is 13.4. The summed E-state index contributed by atoms with van der Waals surface area (Å²) < 4.78 is 36.7. The summed E-state index contributed by atoms with van der Waals surface area (Å²) in [6, 6.07) is -0.614. The number of amides is 1. The van der Waals surface area contributed by atoms with Gasteiger partial charge in [0.15, 0.2) is 5.78 Å². The smallest absolute Gasteiger partial charge is 0.325 e. The van der Waals surface area contributed by atoms with Crippen LogP contribution in [0.5, 0.6) is 0 Å². The van der Waals surface area contributed by atoms with E-state index < -0.39 is 30.5 Å². The summed E-state index contributed by atoms with van der Waals surface area (Å²) >= 11 is 2.85. The lowest BCUT2D eigenvalue weighted by atomic mass is 10.2. The number of Topliss-reactive ketones (excluding diaryl/α,β-unsaturated/α-hetero) is 1. The van der Waals surface area contributed by atoms with Crippen molar-refractivity contribution >= 4 is 27.6 Å². The molecule has 1 unspecified atom stereocenters. The predicted octanol–water partition coefficient (Wildman–Crippen LogP) is 2.14. The Balaban J connectivity index is 4.81. The summed E-state index contributed by atoms with van der Waals surface area (Å²) in [6.07, 6.45) is -4.58. The van der Waals surface area contributed by atoms with E-state index >= 15 is 0 Å². The van der Waals surface area contributed by atoms with Crippen molar-refractivity contribution in [3.05, 3.63) is 0 Å². The summed E-state index contributed by atoms with van der Waals surface area (Å²) in [7, 11) is 0. The summed E-state index contributed by atoms with van der Waals surface area (Å²) in [5.74, 6) is -2.42. The van der Waals surface area contributed by atoms with Crippen LogP contribution in [0.2, 0.25) is 0 Å². The number of ketones is 1. The van der Waals surface area contributed by atoms with E-state index in [-0.39, 0.29) is 5.33 Å². The molecule has 0 N–H and O–H groups in total. The van der Waals surface area contributed by atoms with Crippen LogP contribution in [0.1, 0.15) is 20.3 Å². The second kappa shape index (κ2) is 6.22. The van der Waals surface area contributed by atoms with Crippen molar-refractivity contribution in [3.63, 3.8) is 0 Å². The third kappa shape index (κ3) is 4.51. The molecule has 1 amide bonds. The van der Waals surface area contributed by atoms with E-state index in [1.54, 1.807) is 6.92 Å². The maximum absolute atomic E-state index is 12.2. The highest BCUT2D eigenvalue weighted by Gasteiger charge is 2.43. The van der Waals surface area contributed by atoms with Gasteiger partial charge in [0.2, 0.25) is 0 Å². The highest BCUT2D eigenvalue weighted by molar-refractivity contribution is 9.09. The number of hydrogen-bond acceptors (Lipinski definition) is 2. The second-order valence-corrected chi connectivity index (χ2v) is 3.92. The Labute approximate surface area is 100 Å². The minimum absolute atomic E-state index is 0.0644. The molecule has 0 aromatic rings. The van der Waals surface area contributed by atoms with Gasteiger partial charge >= 0.3 is 12.1 Å². The molecule has 0 saturated heterocycles. The Bertz CT molecular complexity index is 268. The SMILES string of the molecule is CCC(C)N(CC(=O)CBr)C(=O)C(F)(F)F. The van der Waals surface area contributed by atoms with Crippen LogP contribution < -0.4 is 0 Å². The van der Waals surface area contributed by atoms with Crippen LogP contribution in [0.4, 0.5) is 13.2 Å². The standard InChI is InChI=1S/C9H13BrF3NO2/c1-3-6(2)14(5-7(15)4-10)8(16)9(11,12)13/h6H,3-5H2,1-2H3. The molecule has 0 saturated carbocycles. The molecule has 0 rings (SSSR count). The van der Waals surface area contributed by atoms with Gasteiger partial charge in [-0.3, -0.25) is 9.59 Å². The maximum atomic E-state index is 12.2. The molecule has 0 bridgehead atoms.